The standard InChI is InChI=1S/C6H12N2O4/c7-4(3-9)6(12)8-2-1-5(10)11/h4,9H,1-3,7H2,(H,8,12)(H,10,11)/t4-/m0/s1. The first kappa shape index (κ1) is 10.9. The number of hydrogen-bond acceptors (Lipinski definition) is 4. The molecule has 0 aromatic rings. The Morgan fingerprint density at radius 3 is 2.58 bits per heavy atom. The summed E-state index contributed by atoms with van der Waals surface area (Å²) in [6.07, 6.45) is -0.232. The number of aliphatic hydroxyl groups is 1. The fourth-order valence-corrected chi connectivity index (χ4v) is 0.515. The lowest BCUT2D eigenvalue weighted by atomic mass is 10.3. The molecule has 0 aliphatic heterocycles. The van der Waals surface area contributed by atoms with E-state index >= 15 is 0 Å². The maximum absolute atomic E-state index is 10.8. The van der Waals surface area contributed by atoms with Crippen LogP contribution in [0, 0.1) is 0 Å². The minimum Gasteiger partial charge on any atom is -0.550 e. The molecule has 0 heterocycles. The summed E-state index contributed by atoms with van der Waals surface area (Å²) < 4.78 is 0. The van der Waals surface area contributed by atoms with E-state index in [0.29, 0.717) is 0 Å². The van der Waals surface area contributed by atoms with Crippen LogP contribution in [0.1, 0.15) is 6.42 Å². The van der Waals surface area contributed by atoms with Crippen LogP contribution in [-0.2, 0) is 9.59 Å². The van der Waals surface area contributed by atoms with Crippen LogP contribution in [0.5, 0.6) is 0 Å². The van der Waals surface area contributed by atoms with Gasteiger partial charge in [0.1, 0.15) is 6.61 Å². The third kappa shape index (κ3) is 4.64. The molecule has 5 N–H and O–H groups in total. The van der Waals surface area contributed by atoms with Gasteiger partial charge in [-0.15, -0.1) is 0 Å². The fourth-order valence-electron chi connectivity index (χ4n) is 0.515. The fraction of sp³-hybridized carbons (Fsp3) is 0.667. The average Bonchev–Trinajstić information content (AvgIpc) is 2.02. The smallest absolute Gasteiger partial charge is 0.280 e. The molecule has 0 aromatic heterocycles. The van der Waals surface area contributed by atoms with E-state index in [4.69, 9.17) is 5.11 Å². The topological polar surface area (TPSA) is 117 Å². The van der Waals surface area contributed by atoms with E-state index in [-0.39, 0.29) is 19.6 Å². The molecule has 0 radical (unpaired) electrons. The monoisotopic (exact) mass is 176 g/mol. The molecule has 0 saturated carbocycles. The second kappa shape index (κ2) is 5.50. The molecule has 6 nitrogen and oxygen atoms in total. The van der Waals surface area contributed by atoms with Gasteiger partial charge >= 0.3 is 0 Å². The molecule has 1 atom stereocenters. The Kier molecular flexibility index (Phi) is 4.98. The number of aliphatic carboxylic acids is 1. The normalized spacial score (nSPS) is 12.2. The lowest BCUT2D eigenvalue weighted by Crippen LogP contribution is -2.69. The summed E-state index contributed by atoms with van der Waals surface area (Å²) in [7, 11) is 0. The molecule has 6 heteroatoms. The SMILES string of the molecule is [NH3+][C@@H](CO)C(=O)NCCC(=O)[O-]. The largest absolute Gasteiger partial charge is 0.550 e. The Bertz CT molecular complexity index is 171. The predicted octanol–water partition coefficient (Wildman–Crippen LogP) is -4.15. The molecule has 0 aliphatic rings. The van der Waals surface area contributed by atoms with Gasteiger partial charge in [-0.2, -0.15) is 0 Å². The second-order valence-corrected chi connectivity index (χ2v) is 2.29. The molecule has 1 amide bonds. The van der Waals surface area contributed by atoms with Crippen molar-refractivity contribution < 1.29 is 25.5 Å². The van der Waals surface area contributed by atoms with E-state index in [2.05, 4.69) is 11.1 Å². The zero-order chi connectivity index (χ0) is 9.56. The predicted molar refractivity (Wildman–Crippen MR) is 36.4 cm³/mol. The second-order valence-electron chi connectivity index (χ2n) is 2.29. The average molecular weight is 176 g/mol. The van der Waals surface area contributed by atoms with Gasteiger partial charge in [0.05, 0.1) is 0 Å². The lowest BCUT2D eigenvalue weighted by Gasteiger charge is -2.06. The van der Waals surface area contributed by atoms with E-state index in [9.17, 15) is 14.7 Å². The van der Waals surface area contributed by atoms with E-state index in [0.717, 1.165) is 0 Å². The minimum atomic E-state index is -1.22. The Labute approximate surface area is 69.4 Å². The van der Waals surface area contributed by atoms with Crippen molar-refractivity contribution in [2.45, 2.75) is 12.5 Å². The molecule has 0 unspecified atom stereocenters. The van der Waals surface area contributed by atoms with E-state index in [1.54, 1.807) is 0 Å². The van der Waals surface area contributed by atoms with Crippen LogP contribution in [0.4, 0.5) is 0 Å². The van der Waals surface area contributed by atoms with Crippen molar-refractivity contribution in [3.8, 4) is 0 Å². The summed E-state index contributed by atoms with van der Waals surface area (Å²) in [5.74, 6) is -1.68. The van der Waals surface area contributed by atoms with Gasteiger partial charge in [-0.05, 0) is 0 Å². The maximum atomic E-state index is 10.8. The highest BCUT2D eigenvalue weighted by molar-refractivity contribution is 5.80. The number of hydrogen-bond donors (Lipinski definition) is 3. The summed E-state index contributed by atoms with van der Waals surface area (Å²) in [5.41, 5.74) is 3.33. The van der Waals surface area contributed by atoms with Crippen molar-refractivity contribution >= 4 is 11.9 Å². The van der Waals surface area contributed by atoms with Crippen molar-refractivity contribution in [1.82, 2.24) is 5.32 Å². The van der Waals surface area contributed by atoms with Crippen LogP contribution >= 0.6 is 0 Å². The number of carboxylic acid groups (broad SMARTS) is 1. The van der Waals surface area contributed by atoms with Gasteiger partial charge in [0.25, 0.3) is 5.91 Å². The van der Waals surface area contributed by atoms with Crippen LogP contribution in [-0.4, -0.2) is 36.2 Å². The van der Waals surface area contributed by atoms with Crippen molar-refractivity contribution in [3.05, 3.63) is 0 Å². The van der Waals surface area contributed by atoms with Crippen LogP contribution in [0.2, 0.25) is 0 Å². The highest BCUT2D eigenvalue weighted by Crippen LogP contribution is 1.76. The number of aliphatic hydroxyl groups excluding tert-OH is 1. The third-order valence-electron chi connectivity index (χ3n) is 1.22. The van der Waals surface area contributed by atoms with Gasteiger partial charge in [0.2, 0.25) is 0 Å². The number of carbonyl (C=O) groups is 2. The van der Waals surface area contributed by atoms with Crippen LogP contribution in [0.25, 0.3) is 0 Å². The molecule has 0 aliphatic carbocycles. The molecule has 0 rings (SSSR count). The van der Waals surface area contributed by atoms with E-state index < -0.39 is 17.9 Å². The Morgan fingerprint density at radius 1 is 1.58 bits per heavy atom. The summed E-state index contributed by atoms with van der Waals surface area (Å²) in [6.45, 7) is -0.343. The van der Waals surface area contributed by atoms with Crippen LogP contribution in [0.15, 0.2) is 0 Å². The van der Waals surface area contributed by atoms with Gasteiger partial charge in [-0.1, -0.05) is 0 Å². The van der Waals surface area contributed by atoms with Gasteiger partial charge < -0.3 is 26.1 Å². The molecular weight excluding hydrogens is 164 g/mol. The van der Waals surface area contributed by atoms with E-state index in [1.807, 2.05) is 0 Å². The zero-order valence-corrected chi connectivity index (χ0v) is 6.58. The quantitative estimate of drug-likeness (QED) is 0.394. The number of nitrogens with one attached hydrogen (secondary N) is 1. The first-order valence-electron chi connectivity index (χ1n) is 3.49. The highest BCUT2D eigenvalue weighted by atomic mass is 16.4. The van der Waals surface area contributed by atoms with Crippen molar-refractivity contribution in [3.63, 3.8) is 0 Å². The maximum Gasteiger partial charge on any atom is 0.280 e. The zero-order valence-electron chi connectivity index (χ0n) is 6.58. The van der Waals surface area contributed by atoms with Crippen molar-refractivity contribution in [1.29, 1.82) is 0 Å². The molecule has 12 heavy (non-hydrogen) atoms. The summed E-state index contributed by atoms with van der Waals surface area (Å²) in [4.78, 5) is 20.7. The Balaban J connectivity index is 3.50. The number of rotatable bonds is 5. The Morgan fingerprint density at radius 2 is 2.17 bits per heavy atom. The van der Waals surface area contributed by atoms with Crippen LogP contribution < -0.4 is 16.2 Å². The van der Waals surface area contributed by atoms with Crippen molar-refractivity contribution in [2.24, 2.45) is 0 Å². The number of carbonyl (C=O) groups excluding carboxylic acids is 2. The molecule has 0 bridgehead atoms. The van der Waals surface area contributed by atoms with Gasteiger partial charge in [-0.25, -0.2) is 0 Å². The summed E-state index contributed by atoms with van der Waals surface area (Å²) in [6, 6.07) is -0.744. The number of carboxylic acids is 1. The first-order chi connectivity index (χ1) is 5.57. The van der Waals surface area contributed by atoms with Gasteiger partial charge in [0.15, 0.2) is 6.04 Å². The molecule has 0 aromatic carbocycles. The molecular formula is C6H12N2O4. The molecule has 0 fully saturated rings. The number of amides is 1. The lowest BCUT2D eigenvalue weighted by molar-refractivity contribution is -0.409. The summed E-state index contributed by atoms with van der Waals surface area (Å²) in [5, 5.41) is 20.6. The van der Waals surface area contributed by atoms with Crippen LogP contribution in [0.3, 0.4) is 0 Å². The summed E-state index contributed by atoms with van der Waals surface area (Å²) >= 11 is 0. The minimum absolute atomic E-state index is 0.00713. The van der Waals surface area contributed by atoms with Gasteiger partial charge in [-0.3, -0.25) is 4.79 Å². The third-order valence-corrected chi connectivity index (χ3v) is 1.22. The van der Waals surface area contributed by atoms with E-state index in [1.165, 1.54) is 0 Å². The molecule has 0 spiro atoms. The molecule has 0 saturated heterocycles. The van der Waals surface area contributed by atoms with Gasteiger partial charge in [0, 0.05) is 18.9 Å². The molecule has 70 valence electrons. The number of quaternary nitrogens is 1. The first-order valence-corrected chi connectivity index (χ1v) is 3.49. The Hall–Kier alpha value is -1.14. The highest BCUT2D eigenvalue weighted by Gasteiger charge is 2.14. The van der Waals surface area contributed by atoms with Crippen molar-refractivity contribution in [2.75, 3.05) is 13.2 Å².